The molecule has 0 saturated carbocycles. The molecule has 0 unspecified atom stereocenters. The molecule has 0 aliphatic carbocycles. The predicted octanol–water partition coefficient (Wildman–Crippen LogP) is -0.561. The summed E-state index contributed by atoms with van der Waals surface area (Å²) >= 11 is 0. The molecular weight excluding hydrogens is 270 g/mol. The van der Waals surface area contributed by atoms with Gasteiger partial charge in [0.05, 0.1) is 6.61 Å². The Morgan fingerprint density at radius 3 is 2.48 bits per heavy atom. The largest absolute Gasteiger partial charge is 0.395 e. The predicted molar refractivity (Wildman–Crippen MR) is 78.4 cm³/mol. The Balaban J connectivity index is 2.02. The molecule has 1 aromatic carbocycles. The zero-order valence-corrected chi connectivity index (χ0v) is 12.0. The van der Waals surface area contributed by atoms with Crippen molar-refractivity contribution in [3.8, 4) is 0 Å². The van der Waals surface area contributed by atoms with Crippen LogP contribution >= 0.6 is 0 Å². The summed E-state index contributed by atoms with van der Waals surface area (Å²) in [5, 5.41) is 12.3. The quantitative estimate of drug-likeness (QED) is 0.729. The lowest BCUT2D eigenvalue weighted by Crippen LogP contribution is -2.52. The van der Waals surface area contributed by atoms with Gasteiger partial charge in [0.1, 0.15) is 0 Å². The fourth-order valence-electron chi connectivity index (χ4n) is 2.32. The molecule has 2 rings (SSSR count). The monoisotopic (exact) mass is 291 g/mol. The van der Waals surface area contributed by atoms with E-state index in [1.807, 2.05) is 30.3 Å². The minimum Gasteiger partial charge on any atom is -0.395 e. The molecule has 0 aromatic heterocycles. The highest BCUT2D eigenvalue weighted by Crippen LogP contribution is 2.06. The van der Waals surface area contributed by atoms with E-state index in [1.54, 1.807) is 4.90 Å². The highest BCUT2D eigenvalue weighted by atomic mass is 16.3. The van der Waals surface area contributed by atoms with Crippen LogP contribution in [0.2, 0.25) is 0 Å². The molecule has 6 nitrogen and oxygen atoms in total. The summed E-state index contributed by atoms with van der Waals surface area (Å²) in [6, 6.07) is 9.46. The van der Waals surface area contributed by atoms with Crippen molar-refractivity contribution in [2.45, 2.75) is 6.54 Å². The van der Waals surface area contributed by atoms with Gasteiger partial charge in [-0.15, -0.1) is 0 Å². The fourth-order valence-corrected chi connectivity index (χ4v) is 2.32. The van der Waals surface area contributed by atoms with Crippen molar-refractivity contribution in [3.63, 3.8) is 0 Å². The number of nitrogens with zero attached hydrogens (tertiary/aromatic N) is 2. The molecule has 1 aromatic rings. The molecule has 1 aliphatic heterocycles. The van der Waals surface area contributed by atoms with Gasteiger partial charge in [0, 0.05) is 39.3 Å². The van der Waals surface area contributed by atoms with Crippen LogP contribution in [0.3, 0.4) is 0 Å². The van der Waals surface area contributed by atoms with Crippen molar-refractivity contribution >= 4 is 11.8 Å². The van der Waals surface area contributed by atoms with E-state index in [2.05, 4.69) is 5.32 Å². The van der Waals surface area contributed by atoms with Crippen molar-refractivity contribution in [2.75, 3.05) is 39.3 Å². The van der Waals surface area contributed by atoms with Crippen LogP contribution < -0.4 is 5.32 Å². The zero-order valence-electron chi connectivity index (χ0n) is 12.0. The van der Waals surface area contributed by atoms with Crippen molar-refractivity contribution in [1.29, 1.82) is 0 Å². The van der Waals surface area contributed by atoms with Gasteiger partial charge in [0.15, 0.2) is 0 Å². The van der Waals surface area contributed by atoms with Crippen LogP contribution in [0.1, 0.15) is 5.56 Å². The molecule has 21 heavy (non-hydrogen) atoms. The second-order valence-electron chi connectivity index (χ2n) is 4.98. The average molecular weight is 291 g/mol. The summed E-state index contributed by atoms with van der Waals surface area (Å²) in [5.41, 5.74) is 0.937. The normalized spacial score (nSPS) is 14.8. The number of hydrogen-bond donors (Lipinski definition) is 2. The summed E-state index contributed by atoms with van der Waals surface area (Å²) < 4.78 is 0. The number of piperazine rings is 1. The molecular formula is C15H21N3O3. The van der Waals surface area contributed by atoms with E-state index in [1.165, 1.54) is 4.90 Å². The summed E-state index contributed by atoms with van der Waals surface area (Å²) in [5.74, 6) is -1.03. The lowest BCUT2D eigenvalue weighted by molar-refractivity contribution is -0.152. The van der Waals surface area contributed by atoms with Crippen LogP contribution in [0, 0.1) is 0 Å². The number of benzene rings is 1. The number of carbonyl (C=O) groups excluding carboxylic acids is 2. The summed E-state index contributed by atoms with van der Waals surface area (Å²) in [6.07, 6.45) is 0. The van der Waals surface area contributed by atoms with Gasteiger partial charge in [-0.1, -0.05) is 30.3 Å². The number of nitrogens with one attached hydrogen (secondary N) is 1. The van der Waals surface area contributed by atoms with E-state index in [0.717, 1.165) is 5.56 Å². The number of aliphatic hydroxyl groups excluding tert-OH is 1. The standard InChI is InChI=1S/C15H21N3O3/c19-11-10-18(12-13-4-2-1-3-5-13)15(21)14(20)17-8-6-16-7-9-17/h1-5,16,19H,6-12H2. The molecule has 2 N–H and O–H groups in total. The minimum absolute atomic E-state index is 0.158. The molecule has 0 atom stereocenters. The molecule has 114 valence electrons. The number of hydrogen-bond acceptors (Lipinski definition) is 4. The minimum atomic E-state index is -0.546. The van der Waals surface area contributed by atoms with Gasteiger partial charge in [0.25, 0.3) is 0 Å². The molecule has 2 amide bonds. The van der Waals surface area contributed by atoms with Crippen LogP contribution in [0.5, 0.6) is 0 Å². The second-order valence-corrected chi connectivity index (χ2v) is 4.98. The van der Waals surface area contributed by atoms with Crippen molar-refractivity contribution in [3.05, 3.63) is 35.9 Å². The number of rotatable bonds is 4. The molecule has 0 bridgehead atoms. The Morgan fingerprint density at radius 1 is 1.19 bits per heavy atom. The highest BCUT2D eigenvalue weighted by molar-refractivity contribution is 6.34. The molecule has 1 aliphatic rings. The van der Waals surface area contributed by atoms with Crippen LogP contribution in [-0.2, 0) is 16.1 Å². The molecule has 0 radical (unpaired) electrons. The van der Waals surface area contributed by atoms with Gasteiger partial charge in [-0.25, -0.2) is 0 Å². The molecule has 1 fully saturated rings. The van der Waals surface area contributed by atoms with Crippen molar-refractivity contribution in [1.82, 2.24) is 15.1 Å². The fraction of sp³-hybridized carbons (Fsp3) is 0.467. The van der Waals surface area contributed by atoms with E-state index in [4.69, 9.17) is 5.11 Å². The van der Waals surface area contributed by atoms with Crippen LogP contribution in [-0.4, -0.2) is 66.1 Å². The van der Waals surface area contributed by atoms with Gasteiger partial charge >= 0.3 is 11.8 Å². The first kappa shape index (κ1) is 15.5. The maximum atomic E-state index is 12.3. The molecule has 1 saturated heterocycles. The number of carbonyl (C=O) groups is 2. The van der Waals surface area contributed by atoms with Gasteiger partial charge in [-0.2, -0.15) is 0 Å². The third-order valence-corrected chi connectivity index (χ3v) is 3.46. The van der Waals surface area contributed by atoms with E-state index in [-0.39, 0.29) is 13.2 Å². The first-order chi connectivity index (χ1) is 10.2. The molecule has 1 heterocycles. The maximum absolute atomic E-state index is 12.3. The Labute approximate surface area is 124 Å². The van der Waals surface area contributed by atoms with Crippen LogP contribution in [0.25, 0.3) is 0 Å². The second kappa shape index (κ2) is 7.75. The average Bonchev–Trinajstić information content (AvgIpc) is 2.55. The Morgan fingerprint density at radius 2 is 1.86 bits per heavy atom. The van der Waals surface area contributed by atoms with Gasteiger partial charge in [-0.05, 0) is 5.56 Å². The summed E-state index contributed by atoms with van der Waals surface area (Å²) in [7, 11) is 0. The molecule has 0 spiro atoms. The Kier molecular flexibility index (Phi) is 5.71. The maximum Gasteiger partial charge on any atom is 0.312 e. The van der Waals surface area contributed by atoms with Crippen LogP contribution in [0.4, 0.5) is 0 Å². The van der Waals surface area contributed by atoms with Crippen molar-refractivity contribution < 1.29 is 14.7 Å². The third kappa shape index (κ3) is 4.27. The van der Waals surface area contributed by atoms with E-state index in [9.17, 15) is 9.59 Å². The summed E-state index contributed by atoms with van der Waals surface area (Å²) in [4.78, 5) is 27.5. The van der Waals surface area contributed by atoms with Crippen LogP contribution in [0.15, 0.2) is 30.3 Å². The van der Waals surface area contributed by atoms with Gasteiger partial charge in [-0.3, -0.25) is 9.59 Å². The number of aliphatic hydroxyl groups is 1. The Hall–Kier alpha value is -1.92. The summed E-state index contributed by atoms with van der Waals surface area (Å²) in [6.45, 7) is 2.83. The SMILES string of the molecule is O=C(C(=O)N(CCO)Cc1ccccc1)N1CCNCC1. The zero-order chi connectivity index (χ0) is 15.1. The highest BCUT2D eigenvalue weighted by Gasteiger charge is 2.27. The Bertz CT molecular complexity index is 472. The first-order valence-electron chi connectivity index (χ1n) is 7.16. The van der Waals surface area contributed by atoms with E-state index in [0.29, 0.717) is 32.7 Å². The molecule has 6 heteroatoms. The topological polar surface area (TPSA) is 72.9 Å². The lowest BCUT2D eigenvalue weighted by atomic mass is 10.2. The smallest absolute Gasteiger partial charge is 0.312 e. The number of amides is 2. The van der Waals surface area contributed by atoms with Gasteiger partial charge < -0.3 is 20.2 Å². The van der Waals surface area contributed by atoms with Crippen molar-refractivity contribution in [2.24, 2.45) is 0 Å². The lowest BCUT2D eigenvalue weighted by Gasteiger charge is -2.29. The third-order valence-electron chi connectivity index (χ3n) is 3.46. The van der Waals surface area contributed by atoms with E-state index < -0.39 is 11.8 Å². The van der Waals surface area contributed by atoms with E-state index >= 15 is 0 Å². The van der Waals surface area contributed by atoms with Gasteiger partial charge in [0.2, 0.25) is 0 Å². The first-order valence-corrected chi connectivity index (χ1v) is 7.16.